The fourth-order valence-corrected chi connectivity index (χ4v) is 0. The molecule has 0 saturated carbocycles. The first kappa shape index (κ1) is 42.9. The van der Waals surface area contributed by atoms with E-state index in [0.717, 1.165) is 0 Å². The van der Waals surface area contributed by atoms with Gasteiger partial charge in [-0.25, -0.2) is 0 Å². The standard InChI is InChI=1S/4Ca.ClH.HNO3.H2O4S.8H/c;;;;;2-1(3)4;1-5(2,3)4;;;;;;;;/h;;;;1H;(H,2,3,4);(H2,1,2,3,4);;;;;;;;. The van der Waals surface area contributed by atoms with Crippen molar-refractivity contribution < 1.29 is 27.8 Å². The van der Waals surface area contributed by atoms with Crippen LogP contribution in [0.3, 0.4) is 0 Å². The van der Waals surface area contributed by atoms with Crippen LogP contribution in [0.15, 0.2) is 0 Å². The molecule has 0 aromatic rings. The van der Waals surface area contributed by atoms with Gasteiger partial charge < -0.3 is 5.21 Å². The van der Waals surface area contributed by atoms with Crippen molar-refractivity contribution in [3.63, 3.8) is 0 Å². The second kappa shape index (κ2) is 26.1. The monoisotopic (exact) mass is 365 g/mol. The van der Waals surface area contributed by atoms with Gasteiger partial charge >= 0.3 is 161 Å². The molecule has 0 fully saturated rings. The SMILES string of the molecule is Cl.O=S(=O)(O)O.O=[N+]([O-])O.[CaH2].[CaH2].[CaH2].[CaH2]. The molecule has 0 heterocycles. The maximum atomic E-state index is 8.74. The quantitative estimate of drug-likeness (QED) is 0.171. The van der Waals surface area contributed by atoms with Gasteiger partial charge in [0.2, 0.25) is 0 Å². The molecule has 0 aliphatic heterocycles. The van der Waals surface area contributed by atoms with Crippen LogP contribution in [-0.2, 0) is 10.4 Å². The van der Waals surface area contributed by atoms with Crippen LogP contribution in [0.1, 0.15) is 0 Å². The van der Waals surface area contributed by atoms with Gasteiger partial charge in [0.1, 0.15) is 0 Å². The third kappa shape index (κ3) is 201. The van der Waals surface area contributed by atoms with Gasteiger partial charge in [-0.3, -0.25) is 9.11 Å². The zero-order valence-corrected chi connectivity index (χ0v) is 5.87. The summed E-state index contributed by atoms with van der Waals surface area (Å²) in [6.07, 6.45) is 0. The predicted molar refractivity (Wildman–Crippen MR) is 64.4 cm³/mol. The molecule has 0 aromatic carbocycles. The third-order valence-corrected chi connectivity index (χ3v) is 0. The number of halogens is 1. The summed E-state index contributed by atoms with van der Waals surface area (Å²) in [5, 5.41) is 13.6. The topological polar surface area (TPSA) is 138 Å². The van der Waals surface area contributed by atoms with Crippen molar-refractivity contribution in [2.75, 3.05) is 0 Å². The molecule has 14 heavy (non-hydrogen) atoms. The van der Waals surface area contributed by atoms with E-state index in [2.05, 4.69) is 0 Å². The van der Waals surface area contributed by atoms with E-state index in [1.54, 1.807) is 0 Å². The van der Waals surface area contributed by atoms with E-state index in [0.29, 0.717) is 0 Å². The second-order valence-corrected chi connectivity index (χ2v) is 1.58. The minimum absolute atomic E-state index is 0. The first-order valence-corrected chi connectivity index (χ1v) is 2.66. The molecule has 80 valence electrons. The van der Waals surface area contributed by atoms with E-state index >= 15 is 0 Å². The first-order valence-electron chi connectivity index (χ1n) is 1.26. The van der Waals surface area contributed by atoms with Crippen molar-refractivity contribution in [2.24, 2.45) is 0 Å². The molecule has 0 radical (unpaired) electrons. The number of nitrogens with zero attached hydrogens (tertiary/aromatic N) is 1. The molecule has 14 heteroatoms. The summed E-state index contributed by atoms with van der Waals surface area (Å²) in [7, 11) is -4.67. The summed E-state index contributed by atoms with van der Waals surface area (Å²) >= 11 is 0. The Morgan fingerprint density at radius 3 is 1.00 bits per heavy atom. The molecule has 0 bridgehead atoms. The molecule has 0 rings (SSSR count). The summed E-state index contributed by atoms with van der Waals surface area (Å²) < 4.78 is 31.6. The molecule has 0 aromatic heterocycles. The summed E-state index contributed by atoms with van der Waals surface area (Å²) in [6.45, 7) is 0. The Morgan fingerprint density at radius 1 is 1.00 bits per heavy atom. The molecule has 3 N–H and O–H groups in total. The van der Waals surface area contributed by atoms with E-state index < -0.39 is 15.5 Å². The summed E-state index contributed by atoms with van der Waals surface area (Å²) in [6, 6.07) is 0. The number of rotatable bonds is 0. The van der Waals surface area contributed by atoms with Crippen LogP contribution in [0.4, 0.5) is 0 Å². The molecule has 0 aliphatic rings. The fraction of sp³-hybridized carbons (Fsp3) is 0. The van der Waals surface area contributed by atoms with E-state index in [4.69, 9.17) is 32.8 Å². The Balaban J connectivity index is -0.0000000104. The van der Waals surface area contributed by atoms with Crippen molar-refractivity contribution in [3.05, 3.63) is 10.1 Å². The minimum atomic E-state index is -4.67. The summed E-state index contributed by atoms with van der Waals surface area (Å²) in [4.78, 5) is 8.36. The van der Waals surface area contributed by atoms with Crippen LogP contribution >= 0.6 is 12.4 Å². The Hall–Kier alpha value is 4.40. The van der Waals surface area contributed by atoms with Gasteiger partial charge in [0, 0.05) is 0 Å². The van der Waals surface area contributed by atoms with Gasteiger partial charge in [0.05, 0.1) is 0 Å². The van der Waals surface area contributed by atoms with Crippen molar-refractivity contribution in [1.82, 2.24) is 0 Å². The van der Waals surface area contributed by atoms with Gasteiger partial charge in [-0.2, -0.15) is 8.42 Å². The molecular formula is H12Ca4ClNO7S. The molecule has 0 amide bonds. The Labute approximate surface area is 206 Å². The molecule has 0 aliphatic carbocycles. The fourth-order valence-electron chi connectivity index (χ4n) is 0. The Morgan fingerprint density at radius 2 is 1.00 bits per heavy atom. The van der Waals surface area contributed by atoms with Crippen LogP contribution in [0, 0.1) is 10.1 Å². The summed E-state index contributed by atoms with van der Waals surface area (Å²) in [5.74, 6) is 0. The van der Waals surface area contributed by atoms with E-state index in [-0.39, 0.29) is 163 Å². The molecule has 0 spiro atoms. The van der Waals surface area contributed by atoms with Crippen molar-refractivity contribution in [3.8, 4) is 0 Å². The van der Waals surface area contributed by atoms with Gasteiger partial charge in [-0.15, -0.1) is 22.5 Å². The normalized spacial score (nSPS) is 5.86. The summed E-state index contributed by atoms with van der Waals surface area (Å²) in [5.41, 5.74) is 0. The molecule has 0 atom stereocenters. The van der Waals surface area contributed by atoms with E-state index in [1.807, 2.05) is 0 Å². The molecule has 0 saturated heterocycles. The third-order valence-electron chi connectivity index (χ3n) is 0. The van der Waals surface area contributed by atoms with Gasteiger partial charge in [0.25, 0.3) is 5.09 Å². The van der Waals surface area contributed by atoms with Crippen LogP contribution in [-0.4, -0.2) is 179 Å². The Bertz CT molecular complexity index is 168. The predicted octanol–water partition coefficient (Wildman–Crippen LogP) is -4.24. The average Bonchev–Trinajstić information content (AvgIpc) is 1.19. The van der Waals surface area contributed by atoms with Crippen LogP contribution in [0.5, 0.6) is 0 Å². The first-order chi connectivity index (χ1) is 3.73. The van der Waals surface area contributed by atoms with Gasteiger partial charge in [0.15, 0.2) is 0 Å². The average molecular weight is 366 g/mol. The van der Waals surface area contributed by atoms with Gasteiger partial charge in [-0.1, -0.05) is 0 Å². The Kier molecular flexibility index (Phi) is 79.8. The van der Waals surface area contributed by atoms with Crippen molar-refractivity contribution >= 4 is 174 Å². The van der Waals surface area contributed by atoms with Crippen molar-refractivity contribution in [2.45, 2.75) is 0 Å². The number of hydrogen-bond donors (Lipinski definition) is 3. The zero-order chi connectivity index (χ0) is 8.08. The van der Waals surface area contributed by atoms with Crippen LogP contribution < -0.4 is 0 Å². The van der Waals surface area contributed by atoms with Crippen LogP contribution in [0.2, 0.25) is 0 Å². The zero-order valence-electron chi connectivity index (χ0n) is 4.24. The molecule has 8 nitrogen and oxygen atoms in total. The van der Waals surface area contributed by atoms with E-state index in [1.165, 1.54) is 0 Å². The molecular weight excluding hydrogens is 354 g/mol. The van der Waals surface area contributed by atoms with Crippen molar-refractivity contribution in [1.29, 1.82) is 0 Å². The maximum absolute atomic E-state index is 8.74. The number of hydrogen-bond acceptors (Lipinski definition) is 4. The molecule has 0 unspecified atom stereocenters. The van der Waals surface area contributed by atoms with Gasteiger partial charge in [-0.05, 0) is 0 Å². The van der Waals surface area contributed by atoms with E-state index in [9.17, 15) is 0 Å². The second-order valence-electron chi connectivity index (χ2n) is 0.686. The van der Waals surface area contributed by atoms with Crippen LogP contribution in [0.25, 0.3) is 0 Å².